The number of sulfonamides is 1. The maximum Gasteiger partial charge on any atom is 0.213 e. The van der Waals surface area contributed by atoms with Crippen molar-refractivity contribution in [2.75, 3.05) is 32.6 Å². The zero-order valence-corrected chi connectivity index (χ0v) is 13.6. The molecular formula is C15H22N2O4S. The van der Waals surface area contributed by atoms with Crippen LogP contribution in [0.3, 0.4) is 0 Å². The first-order valence-corrected chi connectivity index (χ1v) is 9.45. The summed E-state index contributed by atoms with van der Waals surface area (Å²) < 4.78 is 37.1. The molecule has 7 heteroatoms. The third kappa shape index (κ3) is 3.26. The van der Waals surface area contributed by atoms with E-state index in [1.54, 1.807) is 10.5 Å². The quantitative estimate of drug-likeness (QED) is 0.834. The van der Waals surface area contributed by atoms with Crippen LogP contribution in [0.4, 0.5) is 0 Å². The first kappa shape index (κ1) is 15.7. The molecule has 1 aromatic heterocycles. The van der Waals surface area contributed by atoms with Crippen LogP contribution >= 0.6 is 0 Å². The third-order valence-corrected chi connectivity index (χ3v) is 5.82. The topological polar surface area (TPSA) is 68.7 Å². The Labute approximate surface area is 131 Å². The SMILES string of the molecule is CS(=O)(=O)N1CC[C@H]2OCCC[C@]2(COc2ccccn2)C1. The second kappa shape index (κ2) is 6.14. The Hall–Kier alpha value is -1.18. The largest absolute Gasteiger partial charge is 0.477 e. The summed E-state index contributed by atoms with van der Waals surface area (Å²) in [6, 6.07) is 5.52. The highest BCUT2D eigenvalue weighted by atomic mass is 32.2. The molecule has 2 atom stereocenters. The zero-order chi connectivity index (χ0) is 15.6. The summed E-state index contributed by atoms with van der Waals surface area (Å²) in [6.45, 7) is 2.16. The highest BCUT2D eigenvalue weighted by molar-refractivity contribution is 7.88. The molecule has 0 N–H and O–H groups in total. The lowest BCUT2D eigenvalue weighted by molar-refractivity contribution is -0.128. The van der Waals surface area contributed by atoms with E-state index in [4.69, 9.17) is 9.47 Å². The van der Waals surface area contributed by atoms with Crippen LogP contribution < -0.4 is 4.74 Å². The van der Waals surface area contributed by atoms with Crippen molar-refractivity contribution in [2.24, 2.45) is 5.41 Å². The molecule has 2 fully saturated rings. The molecule has 3 rings (SSSR count). The van der Waals surface area contributed by atoms with Crippen molar-refractivity contribution in [1.82, 2.24) is 9.29 Å². The van der Waals surface area contributed by atoms with E-state index in [1.807, 2.05) is 18.2 Å². The Bertz CT molecular complexity index is 607. The zero-order valence-electron chi connectivity index (χ0n) is 12.8. The molecule has 0 saturated carbocycles. The molecule has 2 saturated heterocycles. The Kier molecular flexibility index (Phi) is 4.38. The molecule has 2 aliphatic rings. The van der Waals surface area contributed by atoms with Gasteiger partial charge in [0, 0.05) is 37.4 Å². The van der Waals surface area contributed by atoms with Gasteiger partial charge in [0.15, 0.2) is 0 Å². The minimum absolute atomic E-state index is 0.0583. The van der Waals surface area contributed by atoms with Gasteiger partial charge in [-0.2, -0.15) is 0 Å². The van der Waals surface area contributed by atoms with E-state index in [2.05, 4.69) is 4.98 Å². The summed E-state index contributed by atoms with van der Waals surface area (Å²) in [5.74, 6) is 0.567. The molecule has 22 heavy (non-hydrogen) atoms. The lowest BCUT2D eigenvalue weighted by Gasteiger charge is -2.49. The number of aromatic nitrogens is 1. The normalized spacial score (nSPS) is 29.8. The molecular weight excluding hydrogens is 304 g/mol. The molecule has 0 spiro atoms. The van der Waals surface area contributed by atoms with Crippen LogP contribution in [-0.2, 0) is 14.8 Å². The number of pyridine rings is 1. The van der Waals surface area contributed by atoms with Gasteiger partial charge in [-0.3, -0.25) is 0 Å². The predicted octanol–water partition coefficient (Wildman–Crippen LogP) is 1.29. The first-order chi connectivity index (χ1) is 10.5. The van der Waals surface area contributed by atoms with Gasteiger partial charge in [-0.1, -0.05) is 6.07 Å². The van der Waals surface area contributed by atoms with Crippen LogP contribution in [0.2, 0.25) is 0 Å². The lowest BCUT2D eigenvalue weighted by Crippen LogP contribution is -2.58. The number of fused-ring (bicyclic) bond motifs is 1. The molecule has 0 aliphatic carbocycles. The summed E-state index contributed by atoms with van der Waals surface area (Å²) in [7, 11) is -3.19. The molecule has 0 aromatic carbocycles. The van der Waals surface area contributed by atoms with E-state index in [-0.39, 0.29) is 11.5 Å². The van der Waals surface area contributed by atoms with Crippen molar-refractivity contribution in [3.05, 3.63) is 24.4 Å². The summed E-state index contributed by atoms with van der Waals surface area (Å²) in [6.07, 6.45) is 5.58. The van der Waals surface area contributed by atoms with E-state index >= 15 is 0 Å². The van der Waals surface area contributed by atoms with E-state index in [0.29, 0.717) is 25.6 Å². The lowest BCUT2D eigenvalue weighted by atomic mass is 9.73. The molecule has 3 heterocycles. The standard InChI is InChI=1S/C15H22N2O4S/c1-22(18,19)17-9-6-13-15(11-17,7-4-10-20-13)12-21-14-5-2-3-8-16-14/h2-3,5,8,13H,4,6-7,9-12H2,1H3/t13-,15-/m1/s1. The maximum absolute atomic E-state index is 11.9. The summed E-state index contributed by atoms with van der Waals surface area (Å²) in [5, 5.41) is 0. The van der Waals surface area contributed by atoms with E-state index in [9.17, 15) is 8.42 Å². The Morgan fingerprint density at radius 3 is 3.09 bits per heavy atom. The summed E-state index contributed by atoms with van der Waals surface area (Å²) in [5.41, 5.74) is -0.281. The number of hydrogen-bond acceptors (Lipinski definition) is 5. The fourth-order valence-electron chi connectivity index (χ4n) is 3.39. The van der Waals surface area contributed by atoms with E-state index in [1.165, 1.54) is 6.26 Å². The van der Waals surface area contributed by atoms with Gasteiger partial charge in [0.1, 0.15) is 0 Å². The minimum atomic E-state index is -3.19. The Morgan fingerprint density at radius 1 is 1.50 bits per heavy atom. The molecule has 6 nitrogen and oxygen atoms in total. The summed E-state index contributed by atoms with van der Waals surface area (Å²) in [4.78, 5) is 4.17. The van der Waals surface area contributed by atoms with Crippen molar-refractivity contribution in [3.8, 4) is 5.88 Å². The minimum Gasteiger partial charge on any atom is -0.477 e. The van der Waals surface area contributed by atoms with Crippen LogP contribution in [0.1, 0.15) is 19.3 Å². The number of nitrogens with zero attached hydrogens (tertiary/aromatic N) is 2. The van der Waals surface area contributed by atoms with Crippen LogP contribution in [0.25, 0.3) is 0 Å². The smallest absolute Gasteiger partial charge is 0.213 e. The van der Waals surface area contributed by atoms with Gasteiger partial charge in [0.25, 0.3) is 0 Å². The number of piperidine rings is 1. The molecule has 2 aliphatic heterocycles. The molecule has 0 radical (unpaired) electrons. The molecule has 0 bridgehead atoms. The fourth-order valence-corrected chi connectivity index (χ4v) is 4.32. The van der Waals surface area contributed by atoms with Crippen LogP contribution in [0.15, 0.2) is 24.4 Å². The van der Waals surface area contributed by atoms with Crippen LogP contribution in [0.5, 0.6) is 5.88 Å². The third-order valence-electron chi connectivity index (χ3n) is 4.57. The van der Waals surface area contributed by atoms with Crippen LogP contribution in [0, 0.1) is 5.41 Å². The van der Waals surface area contributed by atoms with Gasteiger partial charge in [-0.25, -0.2) is 17.7 Å². The van der Waals surface area contributed by atoms with Crippen LogP contribution in [-0.4, -0.2) is 56.4 Å². The van der Waals surface area contributed by atoms with Crippen molar-refractivity contribution in [1.29, 1.82) is 0 Å². The number of ether oxygens (including phenoxy) is 2. The number of hydrogen-bond donors (Lipinski definition) is 0. The Balaban J connectivity index is 1.78. The first-order valence-electron chi connectivity index (χ1n) is 7.60. The second-order valence-electron chi connectivity index (χ2n) is 6.17. The maximum atomic E-state index is 11.9. The average Bonchev–Trinajstić information content (AvgIpc) is 2.52. The van der Waals surface area contributed by atoms with Crippen molar-refractivity contribution in [2.45, 2.75) is 25.4 Å². The molecule has 0 unspecified atom stereocenters. The average molecular weight is 326 g/mol. The highest BCUT2D eigenvalue weighted by Gasteiger charge is 2.48. The number of rotatable bonds is 4. The highest BCUT2D eigenvalue weighted by Crippen LogP contribution is 2.41. The van der Waals surface area contributed by atoms with Crippen molar-refractivity contribution < 1.29 is 17.9 Å². The van der Waals surface area contributed by atoms with Gasteiger partial charge in [0.05, 0.1) is 19.0 Å². The van der Waals surface area contributed by atoms with Gasteiger partial charge < -0.3 is 9.47 Å². The van der Waals surface area contributed by atoms with Gasteiger partial charge in [0.2, 0.25) is 15.9 Å². The molecule has 1 aromatic rings. The van der Waals surface area contributed by atoms with Gasteiger partial charge in [-0.15, -0.1) is 0 Å². The predicted molar refractivity (Wildman–Crippen MR) is 82.2 cm³/mol. The molecule has 0 amide bonds. The van der Waals surface area contributed by atoms with Gasteiger partial charge in [-0.05, 0) is 25.3 Å². The van der Waals surface area contributed by atoms with Crippen molar-refractivity contribution >= 4 is 10.0 Å². The van der Waals surface area contributed by atoms with E-state index in [0.717, 1.165) is 25.9 Å². The van der Waals surface area contributed by atoms with Gasteiger partial charge >= 0.3 is 0 Å². The Morgan fingerprint density at radius 2 is 2.36 bits per heavy atom. The summed E-state index contributed by atoms with van der Waals surface area (Å²) >= 11 is 0. The van der Waals surface area contributed by atoms with E-state index < -0.39 is 10.0 Å². The molecule has 122 valence electrons. The fraction of sp³-hybridized carbons (Fsp3) is 0.667. The second-order valence-corrected chi connectivity index (χ2v) is 8.15. The van der Waals surface area contributed by atoms with Crippen molar-refractivity contribution in [3.63, 3.8) is 0 Å². The monoisotopic (exact) mass is 326 g/mol.